The fourth-order valence-electron chi connectivity index (χ4n) is 2.85. The van der Waals surface area contributed by atoms with Crippen LogP contribution in [-0.4, -0.2) is 63.7 Å². The van der Waals surface area contributed by atoms with E-state index in [0.717, 1.165) is 25.9 Å². The molecule has 7 nitrogen and oxygen atoms in total. The van der Waals surface area contributed by atoms with E-state index < -0.39 is 0 Å². The normalized spacial score (nSPS) is 16.8. The second kappa shape index (κ2) is 8.54. The number of carbonyl (C=O) groups excluding carboxylic acids is 2. The molecule has 24 heavy (non-hydrogen) atoms. The Balaban J connectivity index is 2.13. The average molecular weight is 335 g/mol. The van der Waals surface area contributed by atoms with Gasteiger partial charge in [0.2, 0.25) is 0 Å². The zero-order chi connectivity index (χ0) is 17.5. The number of benzene rings is 1. The highest BCUT2D eigenvalue weighted by Crippen LogP contribution is 2.29. The second-order valence-corrected chi connectivity index (χ2v) is 5.68. The van der Waals surface area contributed by atoms with Gasteiger partial charge in [0.05, 0.1) is 7.11 Å². The summed E-state index contributed by atoms with van der Waals surface area (Å²) in [6.45, 7) is 1.45. The molecule has 1 atom stereocenters. The lowest BCUT2D eigenvalue weighted by Crippen LogP contribution is -2.40. The molecule has 1 unspecified atom stereocenters. The lowest BCUT2D eigenvalue weighted by molar-refractivity contribution is -0.122. The van der Waals surface area contributed by atoms with Gasteiger partial charge in [0.15, 0.2) is 18.1 Å². The van der Waals surface area contributed by atoms with Gasteiger partial charge in [-0.15, -0.1) is 0 Å². The molecule has 2 N–H and O–H groups in total. The maximum atomic E-state index is 12.8. The fraction of sp³-hybridized carbons (Fsp3) is 0.529. The second-order valence-electron chi connectivity index (χ2n) is 5.68. The predicted molar refractivity (Wildman–Crippen MR) is 90.5 cm³/mol. The third-order valence-electron chi connectivity index (χ3n) is 4.13. The van der Waals surface area contributed by atoms with Crippen molar-refractivity contribution in [2.24, 2.45) is 0 Å². The summed E-state index contributed by atoms with van der Waals surface area (Å²) < 4.78 is 10.7. The lowest BCUT2D eigenvalue weighted by atomic mass is 10.1. The third-order valence-corrected chi connectivity index (χ3v) is 4.13. The van der Waals surface area contributed by atoms with Gasteiger partial charge < -0.3 is 25.0 Å². The zero-order valence-corrected chi connectivity index (χ0v) is 14.4. The molecular weight excluding hydrogens is 310 g/mol. The minimum atomic E-state index is -0.232. The SMILES string of the molecule is CNCC1CCCN1C(=O)c1ccc(OCC(=O)NC)c(OC)c1. The van der Waals surface area contributed by atoms with Crippen molar-refractivity contribution in [2.75, 3.05) is 40.9 Å². The summed E-state index contributed by atoms with van der Waals surface area (Å²) in [5, 5.41) is 5.62. The summed E-state index contributed by atoms with van der Waals surface area (Å²) in [6, 6.07) is 5.26. The van der Waals surface area contributed by atoms with E-state index in [2.05, 4.69) is 10.6 Å². The van der Waals surface area contributed by atoms with Crippen LogP contribution in [0.15, 0.2) is 18.2 Å². The summed E-state index contributed by atoms with van der Waals surface area (Å²) in [5.74, 6) is 0.632. The van der Waals surface area contributed by atoms with Crippen LogP contribution in [0.3, 0.4) is 0 Å². The monoisotopic (exact) mass is 335 g/mol. The van der Waals surface area contributed by atoms with Crippen LogP contribution < -0.4 is 20.1 Å². The summed E-state index contributed by atoms with van der Waals surface area (Å²) in [4.78, 5) is 25.9. The van der Waals surface area contributed by atoms with E-state index in [9.17, 15) is 9.59 Å². The number of ether oxygens (including phenoxy) is 2. The number of amides is 2. The Bertz CT molecular complexity index is 591. The minimum Gasteiger partial charge on any atom is -0.493 e. The number of hydrogen-bond acceptors (Lipinski definition) is 5. The number of likely N-dealkylation sites (tertiary alicyclic amines) is 1. The van der Waals surface area contributed by atoms with Gasteiger partial charge >= 0.3 is 0 Å². The Morgan fingerprint density at radius 3 is 2.75 bits per heavy atom. The molecule has 1 heterocycles. The Labute approximate surface area is 142 Å². The van der Waals surface area contributed by atoms with Gasteiger partial charge in [-0.05, 0) is 38.1 Å². The Morgan fingerprint density at radius 1 is 1.29 bits per heavy atom. The minimum absolute atomic E-state index is 0.0103. The summed E-state index contributed by atoms with van der Waals surface area (Å²) in [5.41, 5.74) is 0.558. The Morgan fingerprint density at radius 2 is 2.08 bits per heavy atom. The van der Waals surface area contributed by atoms with E-state index in [1.165, 1.54) is 7.11 Å². The topological polar surface area (TPSA) is 79.9 Å². The molecular formula is C17H25N3O4. The van der Waals surface area contributed by atoms with Gasteiger partial charge in [-0.1, -0.05) is 0 Å². The van der Waals surface area contributed by atoms with Crippen LogP contribution >= 0.6 is 0 Å². The van der Waals surface area contributed by atoms with E-state index in [4.69, 9.17) is 9.47 Å². The molecule has 0 saturated carbocycles. The molecule has 1 aromatic carbocycles. The van der Waals surface area contributed by atoms with Crippen molar-refractivity contribution in [1.82, 2.24) is 15.5 Å². The van der Waals surface area contributed by atoms with Crippen molar-refractivity contribution in [3.63, 3.8) is 0 Å². The largest absolute Gasteiger partial charge is 0.493 e. The standard InChI is InChI=1S/C17H25N3O4/c1-18-10-13-5-4-8-20(13)17(22)12-6-7-14(15(9-12)23-3)24-11-16(21)19-2/h6-7,9,13,18H,4-5,8,10-11H2,1-3H3,(H,19,21). The van der Waals surface area contributed by atoms with Gasteiger partial charge in [-0.25, -0.2) is 0 Å². The van der Waals surface area contributed by atoms with Crippen molar-refractivity contribution in [3.05, 3.63) is 23.8 Å². The van der Waals surface area contributed by atoms with Crippen LogP contribution in [0.4, 0.5) is 0 Å². The number of rotatable bonds is 7. The van der Waals surface area contributed by atoms with Gasteiger partial charge in [0, 0.05) is 31.7 Å². The highest BCUT2D eigenvalue weighted by atomic mass is 16.5. The fourth-order valence-corrected chi connectivity index (χ4v) is 2.85. The smallest absolute Gasteiger partial charge is 0.257 e. The van der Waals surface area contributed by atoms with Crippen molar-refractivity contribution < 1.29 is 19.1 Å². The third kappa shape index (κ3) is 4.17. The van der Waals surface area contributed by atoms with Crippen molar-refractivity contribution >= 4 is 11.8 Å². The van der Waals surface area contributed by atoms with E-state index in [1.54, 1.807) is 25.2 Å². The highest BCUT2D eigenvalue weighted by Gasteiger charge is 2.29. The molecule has 0 radical (unpaired) electrons. The molecule has 0 bridgehead atoms. The summed E-state index contributed by atoms with van der Waals surface area (Å²) in [7, 11) is 4.95. The van der Waals surface area contributed by atoms with Crippen LogP contribution in [-0.2, 0) is 4.79 Å². The molecule has 2 rings (SSSR count). The summed E-state index contributed by atoms with van der Waals surface area (Å²) >= 11 is 0. The molecule has 1 fully saturated rings. The molecule has 1 aliphatic heterocycles. The maximum absolute atomic E-state index is 12.8. The van der Waals surface area contributed by atoms with Crippen molar-refractivity contribution in [3.8, 4) is 11.5 Å². The maximum Gasteiger partial charge on any atom is 0.257 e. The van der Waals surface area contributed by atoms with Crippen LogP contribution in [0.25, 0.3) is 0 Å². The van der Waals surface area contributed by atoms with Gasteiger partial charge in [0.1, 0.15) is 0 Å². The number of carbonyl (C=O) groups is 2. The zero-order valence-electron chi connectivity index (χ0n) is 14.4. The first-order valence-corrected chi connectivity index (χ1v) is 8.07. The van der Waals surface area contributed by atoms with Crippen LogP contribution in [0, 0.1) is 0 Å². The predicted octanol–water partition coefficient (Wildman–Crippen LogP) is 0.644. The van der Waals surface area contributed by atoms with Crippen LogP contribution in [0.2, 0.25) is 0 Å². The van der Waals surface area contributed by atoms with Gasteiger partial charge in [0.25, 0.3) is 11.8 Å². The van der Waals surface area contributed by atoms with E-state index in [0.29, 0.717) is 17.1 Å². The quantitative estimate of drug-likeness (QED) is 0.765. The van der Waals surface area contributed by atoms with Crippen molar-refractivity contribution in [1.29, 1.82) is 0 Å². The number of likely N-dealkylation sites (N-methyl/N-ethyl adjacent to an activating group) is 2. The Hall–Kier alpha value is -2.28. The highest BCUT2D eigenvalue weighted by molar-refractivity contribution is 5.95. The van der Waals surface area contributed by atoms with E-state index in [-0.39, 0.29) is 24.5 Å². The first-order chi connectivity index (χ1) is 11.6. The summed E-state index contributed by atoms with van der Waals surface area (Å²) in [6.07, 6.45) is 2.03. The molecule has 1 aromatic rings. The first-order valence-electron chi connectivity index (χ1n) is 8.07. The number of hydrogen-bond donors (Lipinski definition) is 2. The number of methoxy groups -OCH3 is 1. The first kappa shape index (κ1) is 18.1. The lowest BCUT2D eigenvalue weighted by Gasteiger charge is -2.25. The van der Waals surface area contributed by atoms with Crippen LogP contribution in [0.5, 0.6) is 11.5 Å². The van der Waals surface area contributed by atoms with Gasteiger partial charge in [-0.2, -0.15) is 0 Å². The van der Waals surface area contributed by atoms with E-state index >= 15 is 0 Å². The van der Waals surface area contributed by atoms with Crippen LogP contribution in [0.1, 0.15) is 23.2 Å². The molecule has 0 aromatic heterocycles. The van der Waals surface area contributed by atoms with E-state index in [1.807, 2.05) is 11.9 Å². The van der Waals surface area contributed by atoms with Gasteiger partial charge in [-0.3, -0.25) is 9.59 Å². The Kier molecular flexibility index (Phi) is 6.43. The molecule has 132 valence electrons. The molecule has 0 aliphatic carbocycles. The molecule has 1 saturated heterocycles. The molecule has 7 heteroatoms. The van der Waals surface area contributed by atoms with Crippen molar-refractivity contribution in [2.45, 2.75) is 18.9 Å². The number of nitrogens with zero attached hydrogens (tertiary/aromatic N) is 1. The molecule has 0 spiro atoms. The molecule has 2 amide bonds. The molecule has 1 aliphatic rings. The number of nitrogens with one attached hydrogen (secondary N) is 2. The average Bonchev–Trinajstić information content (AvgIpc) is 3.07.